The second kappa shape index (κ2) is 9.65. The average molecular weight is 421 g/mol. The third-order valence-electron chi connectivity index (χ3n) is 4.51. The lowest BCUT2D eigenvalue weighted by atomic mass is 10.1. The monoisotopic (exact) mass is 420 g/mol. The molecule has 2 rings (SSSR count). The van der Waals surface area contributed by atoms with Crippen LogP contribution in [0.4, 0.5) is 5.69 Å². The fourth-order valence-electron chi connectivity index (χ4n) is 3.09. The summed E-state index contributed by atoms with van der Waals surface area (Å²) in [5, 5.41) is 2.82. The Morgan fingerprint density at radius 2 is 1.79 bits per heavy atom. The van der Waals surface area contributed by atoms with E-state index < -0.39 is 16.1 Å². The molecule has 0 fully saturated rings. The fraction of sp³-hybridized carbons (Fsp3) is 0.381. The van der Waals surface area contributed by atoms with E-state index in [-0.39, 0.29) is 5.91 Å². The first-order chi connectivity index (χ1) is 13.7. The molecule has 1 atom stereocenters. The van der Waals surface area contributed by atoms with Gasteiger partial charge in [-0.2, -0.15) is 0 Å². The van der Waals surface area contributed by atoms with Crippen molar-refractivity contribution in [1.29, 1.82) is 0 Å². The molecular weight excluding hydrogens is 392 g/mol. The molecule has 2 aromatic carbocycles. The van der Waals surface area contributed by atoms with E-state index in [0.29, 0.717) is 30.2 Å². The zero-order valence-electron chi connectivity index (χ0n) is 17.4. The van der Waals surface area contributed by atoms with E-state index in [9.17, 15) is 13.2 Å². The van der Waals surface area contributed by atoms with Crippen LogP contribution in [0, 0.1) is 6.92 Å². The largest absolute Gasteiger partial charge is 0.493 e. The van der Waals surface area contributed by atoms with E-state index in [0.717, 1.165) is 21.7 Å². The van der Waals surface area contributed by atoms with E-state index in [4.69, 9.17) is 9.47 Å². The van der Waals surface area contributed by atoms with E-state index in [1.807, 2.05) is 31.2 Å². The molecule has 0 radical (unpaired) electrons. The van der Waals surface area contributed by atoms with Crippen LogP contribution in [-0.2, 0) is 21.2 Å². The summed E-state index contributed by atoms with van der Waals surface area (Å²) >= 11 is 0. The number of rotatable bonds is 9. The molecule has 2 aromatic rings. The smallest absolute Gasteiger partial charge is 0.243 e. The van der Waals surface area contributed by atoms with Crippen molar-refractivity contribution in [2.24, 2.45) is 0 Å². The van der Waals surface area contributed by atoms with Gasteiger partial charge in [0.2, 0.25) is 15.9 Å². The van der Waals surface area contributed by atoms with Crippen molar-refractivity contribution < 1.29 is 22.7 Å². The minimum absolute atomic E-state index is 0.364. The van der Waals surface area contributed by atoms with Gasteiger partial charge in [0.05, 0.1) is 26.2 Å². The molecule has 0 saturated heterocycles. The second-order valence-corrected chi connectivity index (χ2v) is 8.66. The molecule has 1 N–H and O–H groups in total. The second-order valence-electron chi connectivity index (χ2n) is 6.80. The molecule has 0 spiro atoms. The molecule has 0 aromatic heterocycles. The molecule has 7 nitrogen and oxygen atoms in total. The lowest BCUT2D eigenvalue weighted by Crippen LogP contribution is -2.48. The Kier molecular flexibility index (Phi) is 7.50. The SMILES string of the molecule is COc1ccc(CCNC(=O)C(C)N(c2cccc(C)c2)S(C)(=O)=O)cc1OC. The molecule has 8 heteroatoms. The third-order valence-corrected chi connectivity index (χ3v) is 5.75. The molecule has 0 heterocycles. The summed E-state index contributed by atoms with van der Waals surface area (Å²) in [6.07, 6.45) is 1.67. The molecule has 29 heavy (non-hydrogen) atoms. The number of carbonyl (C=O) groups is 1. The highest BCUT2D eigenvalue weighted by Crippen LogP contribution is 2.27. The molecular formula is C21H28N2O5S. The number of ether oxygens (including phenoxy) is 2. The Bertz CT molecular complexity index is 959. The van der Waals surface area contributed by atoms with Crippen LogP contribution in [0.5, 0.6) is 11.5 Å². The number of sulfonamides is 1. The number of anilines is 1. The van der Waals surface area contributed by atoms with Gasteiger partial charge >= 0.3 is 0 Å². The Balaban J connectivity index is 2.07. The zero-order chi connectivity index (χ0) is 21.6. The summed E-state index contributed by atoms with van der Waals surface area (Å²) in [5.74, 6) is 0.889. The predicted molar refractivity (Wildman–Crippen MR) is 114 cm³/mol. The lowest BCUT2D eigenvalue weighted by molar-refractivity contribution is -0.121. The van der Waals surface area contributed by atoms with Crippen molar-refractivity contribution in [2.45, 2.75) is 26.3 Å². The lowest BCUT2D eigenvalue weighted by Gasteiger charge is -2.28. The van der Waals surface area contributed by atoms with Crippen LogP contribution in [0.1, 0.15) is 18.1 Å². The van der Waals surface area contributed by atoms with E-state index in [1.165, 1.54) is 0 Å². The maximum atomic E-state index is 12.6. The van der Waals surface area contributed by atoms with Crippen molar-refractivity contribution in [3.8, 4) is 11.5 Å². The number of amides is 1. The van der Waals surface area contributed by atoms with Crippen LogP contribution in [0.15, 0.2) is 42.5 Å². The summed E-state index contributed by atoms with van der Waals surface area (Å²) < 4.78 is 36.3. The highest BCUT2D eigenvalue weighted by Gasteiger charge is 2.28. The minimum Gasteiger partial charge on any atom is -0.493 e. The highest BCUT2D eigenvalue weighted by atomic mass is 32.2. The molecule has 0 aliphatic carbocycles. The fourth-order valence-corrected chi connectivity index (χ4v) is 4.25. The quantitative estimate of drug-likeness (QED) is 0.674. The molecule has 0 aliphatic heterocycles. The number of methoxy groups -OCH3 is 2. The summed E-state index contributed by atoms with van der Waals surface area (Å²) in [6, 6.07) is 11.7. The van der Waals surface area contributed by atoms with Gasteiger partial charge in [-0.15, -0.1) is 0 Å². The third kappa shape index (κ3) is 5.87. The summed E-state index contributed by atoms with van der Waals surface area (Å²) in [7, 11) is -0.495. The van der Waals surface area contributed by atoms with Gasteiger partial charge in [-0.3, -0.25) is 9.10 Å². The van der Waals surface area contributed by atoms with Crippen LogP contribution < -0.4 is 19.1 Å². The minimum atomic E-state index is -3.63. The molecule has 158 valence electrons. The van der Waals surface area contributed by atoms with Gasteiger partial charge in [0.15, 0.2) is 11.5 Å². The molecule has 1 amide bonds. The Labute approximate surface area is 172 Å². The molecule has 0 aliphatic rings. The number of hydrogen-bond donors (Lipinski definition) is 1. The molecule has 0 bridgehead atoms. The van der Waals surface area contributed by atoms with Gasteiger partial charge in [0, 0.05) is 6.54 Å². The van der Waals surface area contributed by atoms with Gasteiger partial charge in [0.1, 0.15) is 6.04 Å². The first-order valence-electron chi connectivity index (χ1n) is 9.22. The maximum Gasteiger partial charge on any atom is 0.243 e. The standard InChI is InChI=1S/C21H28N2O5S/c1-15-7-6-8-18(13-15)23(29(5,25)26)16(2)21(24)22-12-11-17-9-10-19(27-3)20(14-17)28-4/h6-10,13-14,16H,11-12H2,1-5H3,(H,22,24). The van der Waals surface area contributed by atoms with Gasteiger partial charge in [-0.25, -0.2) is 8.42 Å². The number of benzene rings is 2. The Hall–Kier alpha value is -2.74. The van der Waals surface area contributed by atoms with Crippen LogP contribution in [0.25, 0.3) is 0 Å². The van der Waals surface area contributed by atoms with Gasteiger partial charge in [-0.1, -0.05) is 18.2 Å². The van der Waals surface area contributed by atoms with Crippen molar-refractivity contribution >= 4 is 21.6 Å². The van der Waals surface area contributed by atoms with Crippen LogP contribution in [0.2, 0.25) is 0 Å². The van der Waals surface area contributed by atoms with Crippen molar-refractivity contribution in [1.82, 2.24) is 5.32 Å². The maximum absolute atomic E-state index is 12.6. The number of hydrogen-bond acceptors (Lipinski definition) is 5. The first kappa shape index (κ1) is 22.5. The highest BCUT2D eigenvalue weighted by molar-refractivity contribution is 7.92. The molecule has 1 unspecified atom stereocenters. The van der Waals surface area contributed by atoms with Crippen LogP contribution in [0.3, 0.4) is 0 Å². The zero-order valence-corrected chi connectivity index (χ0v) is 18.2. The first-order valence-corrected chi connectivity index (χ1v) is 11.1. The van der Waals surface area contributed by atoms with E-state index >= 15 is 0 Å². The number of aryl methyl sites for hydroxylation is 1. The van der Waals surface area contributed by atoms with Gasteiger partial charge in [0.25, 0.3) is 0 Å². The number of nitrogens with one attached hydrogen (secondary N) is 1. The van der Waals surface area contributed by atoms with Crippen molar-refractivity contribution in [3.63, 3.8) is 0 Å². The average Bonchev–Trinajstić information content (AvgIpc) is 2.66. The number of carbonyl (C=O) groups excluding carboxylic acids is 1. The summed E-state index contributed by atoms with van der Waals surface area (Å²) in [4.78, 5) is 12.6. The van der Waals surface area contributed by atoms with Crippen LogP contribution in [-0.4, -0.2) is 47.4 Å². The van der Waals surface area contributed by atoms with Gasteiger partial charge < -0.3 is 14.8 Å². The Morgan fingerprint density at radius 3 is 2.38 bits per heavy atom. The van der Waals surface area contributed by atoms with E-state index in [1.54, 1.807) is 39.3 Å². The summed E-state index contributed by atoms with van der Waals surface area (Å²) in [5.41, 5.74) is 2.35. The van der Waals surface area contributed by atoms with Crippen LogP contribution >= 0.6 is 0 Å². The van der Waals surface area contributed by atoms with Crippen molar-refractivity contribution in [2.75, 3.05) is 31.3 Å². The number of nitrogens with zero attached hydrogens (tertiary/aromatic N) is 1. The predicted octanol–water partition coefficient (Wildman–Crippen LogP) is 2.53. The Morgan fingerprint density at radius 1 is 1.10 bits per heavy atom. The topological polar surface area (TPSA) is 84.9 Å². The normalized spacial score (nSPS) is 12.2. The molecule has 0 saturated carbocycles. The summed E-state index contributed by atoms with van der Waals surface area (Å²) in [6.45, 7) is 3.82. The van der Waals surface area contributed by atoms with E-state index in [2.05, 4.69) is 5.32 Å². The van der Waals surface area contributed by atoms with Crippen molar-refractivity contribution in [3.05, 3.63) is 53.6 Å². The van der Waals surface area contributed by atoms with Gasteiger partial charge in [-0.05, 0) is 55.7 Å².